The summed E-state index contributed by atoms with van der Waals surface area (Å²) < 4.78 is 16.9. The molecule has 6 heteroatoms. The quantitative estimate of drug-likeness (QED) is 0.823. The Balaban J connectivity index is 1.71. The molecule has 3 rings (SSSR count). The SMILES string of the molecule is COCC(=O)N1CC[C@H]2OCCC[C@@]2(COc2ccccn2)C1. The molecule has 0 aromatic carbocycles. The standard InChI is InChI=1S/C17H24N2O4/c1-21-11-16(20)19-9-6-14-17(12-19,7-4-10-22-14)13-23-15-5-2-3-8-18-15/h2-3,5,8,14H,4,6-7,9-13H2,1H3/t14-,17+/m1/s1. The summed E-state index contributed by atoms with van der Waals surface area (Å²) in [5, 5.41) is 0. The molecular weight excluding hydrogens is 296 g/mol. The molecule has 0 unspecified atom stereocenters. The molecule has 23 heavy (non-hydrogen) atoms. The normalized spacial score (nSPS) is 27.3. The number of fused-ring (bicyclic) bond motifs is 1. The first-order chi connectivity index (χ1) is 11.2. The molecule has 1 aromatic heterocycles. The molecule has 6 nitrogen and oxygen atoms in total. The number of aromatic nitrogens is 1. The van der Waals surface area contributed by atoms with E-state index in [9.17, 15) is 4.79 Å². The monoisotopic (exact) mass is 320 g/mol. The second kappa shape index (κ2) is 7.27. The highest BCUT2D eigenvalue weighted by molar-refractivity contribution is 5.77. The van der Waals surface area contributed by atoms with Crippen LogP contribution in [0.5, 0.6) is 5.88 Å². The zero-order valence-corrected chi connectivity index (χ0v) is 13.6. The number of ether oxygens (including phenoxy) is 3. The minimum atomic E-state index is -0.155. The number of likely N-dealkylation sites (tertiary alicyclic amines) is 1. The van der Waals surface area contributed by atoms with Crippen LogP contribution in [0.3, 0.4) is 0 Å². The fraction of sp³-hybridized carbons (Fsp3) is 0.647. The van der Waals surface area contributed by atoms with Gasteiger partial charge >= 0.3 is 0 Å². The van der Waals surface area contributed by atoms with Crippen molar-refractivity contribution in [1.29, 1.82) is 0 Å². The number of hydrogen-bond acceptors (Lipinski definition) is 5. The number of pyridine rings is 1. The molecule has 1 aromatic rings. The highest BCUT2D eigenvalue weighted by Crippen LogP contribution is 2.40. The van der Waals surface area contributed by atoms with Gasteiger partial charge in [0.05, 0.1) is 12.7 Å². The molecule has 2 atom stereocenters. The second-order valence-corrected chi connectivity index (χ2v) is 6.32. The van der Waals surface area contributed by atoms with Crippen LogP contribution in [0.25, 0.3) is 0 Å². The van der Waals surface area contributed by atoms with E-state index in [2.05, 4.69) is 4.98 Å². The van der Waals surface area contributed by atoms with Gasteiger partial charge in [-0.2, -0.15) is 0 Å². The third kappa shape index (κ3) is 3.64. The van der Waals surface area contributed by atoms with E-state index >= 15 is 0 Å². The van der Waals surface area contributed by atoms with Crippen molar-refractivity contribution in [1.82, 2.24) is 9.88 Å². The van der Waals surface area contributed by atoms with Gasteiger partial charge in [0.15, 0.2) is 0 Å². The van der Waals surface area contributed by atoms with E-state index in [4.69, 9.17) is 14.2 Å². The van der Waals surface area contributed by atoms with Crippen molar-refractivity contribution in [3.63, 3.8) is 0 Å². The second-order valence-electron chi connectivity index (χ2n) is 6.32. The predicted octanol–water partition coefficient (Wildman–Crippen LogP) is 1.50. The minimum Gasteiger partial charge on any atom is -0.477 e. The molecule has 2 saturated heterocycles. The van der Waals surface area contributed by atoms with Crippen LogP contribution in [0.2, 0.25) is 0 Å². The number of amides is 1. The van der Waals surface area contributed by atoms with Gasteiger partial charge < -0.3 is 19.1 Å². The molecule has 2 aliphatic rings. The van der Waals surface area contributed by atoms with Gasteiger partial charge in [-0.15, -0.1) is 0 Å². The summed E-state index contributed by atoms with van der Waals surface area (Å²) in [5.74, 6) is 0.653. The Morgan fingerprint density at radius 3 is 3.22 bits per heavy atom. The van der Waals surface area contributed by atoms with E-state index in [1.807, 2.05) is 23.1 Å². The average Bonchev–Trinajstić information content (AvgIpc) is 2.60. The Hall–Kier alpha value is -1.66. The van der Waals surface area contributed by atoms with E-state index < -0.39 is 0 Å². The fourth-order valence-electron chi connectivity index (χ4n) is 3.58. The summed E-state index contributed by atoms with van der Waals surface area (Å²) in [5.41, 5.74) is -0.155. The summed E-state index contributed by atoms with van der Waals surface area (Å²) in [7, 11) is 1.55. The fourth-order valence-corrected chi connectivity index (χ4v) is 3.58. The van der Waals surface area contributed by atoms with Crippen LogP contribution in [-0.2, 0) is 14.3 Å². The molecule has 0 aliphatic carbocycles. The summed E-state index contributed by atoms with van der Waals surface area (Å²) in [6.07, 6.45) is 4.71. The number of rotatable bonds is 5. The predicted molar refractivity (Wildman–Crippen MR) is 84.2 cm³/mol. The third-order valence-electron chi connectivity index (χ3n) is 4.75. The van der Waals surface area contributed by atoms with Gasteiger partial charge in [-0.25, -0.2) is 4.98 Å². The van der Waals surface area contributed by atoms with Crippen molar-refractivity contribution >= 4 is 5.91 Å². The highest BCUT2D eigenvalue weighted by Gasteiger charge is 2.47. The van der Waals surface area contributed by atoms with E-state index in [0.29, 0.717) is 19.0 Å². The van der Waals surface area contributed by atoms with Gasteiger partial charge in [0, 0.05) is 44.5 Å². The number of methoxy groups -OCH3 is 1. The topological polar surface area (TPSA) is 60.9 Å². The van der Waals surface area contributed by atoms with Crippen LogP contribution in [0.15, 0.2) is 24.4 Å². The van der Waals surface area contributed by atoms with E-state index in [-0.39, 0.29) is 24.0 Å². The molecule has 0 radical (unpaired) electrons. The lowest BCUT2D eigenvalue weighted by Crippen LogP contribution is -2.59. The lowest BCUT2D eigenvalue weighted by Gasteiger charge is -2.50. The van der Waals surface area contributed by atoms with Gasteiger partial charge in [0.25, 0.3) is 0 Å². The van der Waals surface area contributed by atoms with Gasteiger partial charge in [-0.1, -0.05) is 6.07 Å². The Bertz CT molecular complexity index is 525. The van der Waals surface area contributed by atoms with Crippen LogP contribution in [0, 0.1) is 5.41 Å². The summed E-state index contributed by atoms with van der Waals surface area (Å²) in [4.78, 5) is 18.3. The number of hydrogen-bond donors (Lipinski definition) is 0. The molecule has 0 saturated carbocycles. The van der Waals surface area contributed by atoms with Gasteiger partial charge in [-0.3, -0.25) is 4.79 Å². The van der Waals surface area contributed by atoms with Crippen LogP contribution < -0.4 is 4.74 Å². The van der Waals surface area contributed by atoms with E-state index in [1.165, 1.54) is 0 Å². The summed E-state index contributed by atoms with van der Waals surface area (Å²) in [6, 6.07) is 5.62. The molecule has 1 amide bonds. The molecule has 0 spiro atoms. The van der Waals surface area contributed by atoms with Gasteiger partial charge in [0.1, 0.15) is 6.61 Å². The lowest BCUT2D eigenvalue weighted by molar-refractivity contribution is -0.160. The maximum Gasteiger partial charge on any atom is 0.248 e. The molecule has 2 aliphatic heterocycles. The maximum atomic E-state index is 12.2. The largest absolute Gasteiger partial charge is 0.477 e. The van der Waals surface area contributed by atoms with Crippen molar-refractivity contribution in [2.24, 2.45) is 5.41 Å². The van der Waals surface area contributed by atoms with Gasteiger partial charge in [-0.05, 0) is 25.3 Å². The Kier molecular flexibility index (Phi) is 5.13. The summed E-state index contributed by atoms with van der Waals surface area (Å²) in [6.45, 7) is 2.82. The number of carbonyl (C=O) groups is 1. The third-order valence-corrected chi connectivity index (χ3v) is 4.75. The van der Waals surface area contributed by atoms with Crippen LogP contribution in [0.4, 0.5) is 0 Å². The Morgan fingerprint density at radius 2 is 2.43 bits per heavy atom. The van der Waals surface area contributed by atoms with E-state index in [1.54, 1.807) is 13.3 Å². The van der Waals surface area contributed by atoms with Crippen LogP contribution in [0.1, 0.15) is 19.3 Å². The number of nitrogens with zero attached hydrogens (tertiary/aromatic N) is 2. The smallest absolute Gasteiger partial charge is 0.248 e. The molecule has 126 valence electrons. The van der Waals surface area contributed by atoms with Crippen molar-refractivity contribution in [3.05, 3.63) is 24.4 Å². The number of piperidine rings is 1. The molecule has 0 bridgehead atoms. The maximum absolute atomic E-state index is 12.2. The van der Waals surface area contributed by atoms with Crippen LogP contribution >= 0.6 is 0 Å². The number of carbonyl (C=O) groups excluding carboxylic acids is 1. The Labute approximate surface area is 136 Å². The molecule has 3 heterocycles. The highest BCUT2D eigenvalue weighted by atomic mass is 16.5. The molecular formula is C17H24N2O4. The molecule has 2 fully saturated rings. The van der Waals surface area contributed by atoms with Crippen molar-refractivity contribution in [2.75, 3.05) is 40.0 Å². The zero-order chi connectivity index (χ0) is 16.1. The summed E-state index contributed by atoms with van der Waals surface area (Å²) >= 11 is 0. The van der Waals surface area contributed by atoms with Crippen molar-refractivity contribution in [2.45, 2.75) is 25.4 Å². The minimum absolute atomic E-state index is 0.0359. The first-order valence-electron chi connectivity index (χ1n) is 8.16. The van der Waals surface area contributed by atoms with Crippen molar-refractivity contribution in [3.8, 4) is 5.88 Å². The van der Waals surface area contributed by atoms with Crippen LogP contribution in [-0.4, -0.2) is 61.9 Å². The Morgan fingerprint density at radius 1 is 1.52 bits per heavy atom. The first kappa shape index (κ1) is 16.2. The first-order valence-corrected chi connectivity index (χ1v) is 8.16. The molecule has 0 N–H and O–H groups in total. The lowest BCUT2D eigenvalue weighted by atomic mass is 9.73. The zero-order valence-electron chi connectivity index (χ0n) is 13.6. The van der Waals surface area contributed by atoms with Gasteiger partial charge in [0.2, 0.25) is 11.8 Å². The average molecular weight is 320 g/mol. The van der Waals surface area contributed by atoms with E-state index in [0.717, 1.165) is 32.4 Å². The van der Waals surface area contributed by atoms with Crippen molar-refractivity contribution < 1.29 is 19.0 Å².